The summed E-state index contributed by atoms with van der Waals surface area (Å²) in [5.74, 6) is 0.520. The Hall–Kier alpha value is 0.150. The zero-order valence-electron chi connectivity index (χ0n) is 9.15. The molecule has 2 atom stereocenters. The molecule has 0 aromatic rings. The van der Waals surface area contributed by atoms with Crippen LogP contribution in [0.15, 0.2) is 0 Å². The molecular weight excluding hydrogens is 228 g/mol. The summed E-state index contributed by atoms with van der Waals surface area (Å²) in [5, 5.41) is 0. The predicted molar refractivity (Wildman–Crippen MR) is 59.1 cm³/mol. The Bertz CT molecular complexity index is 227. The smallest absolute Gasteiger partial charge is 0.126 e. The normalized spacial score (nSPS) is 37.2. The zero-order chi connectivity index (χ0) is 10.5. The summed E-state index contributed by atoms with van der Waals surface area (Å²) in [6.45, 7) is 10.8. The zero-order valence-corrected chi connectivity index (χ0v) is 10.7. The Morgan fingerprint density at radius 3 is 2.08 bits per heavy atom. The monoisotopic (exact) mass is 246 g/mol. The second-order valence-electron chi connectivity index (χ2n) is 5.60. The summed E-state index contributed by atoms with van der Waals surface area (Å²) in [4.78, 5) is 11.0. The molecule has 0 aliphatic heterocycles. The molecule has 0 amide bonds. The van der Waals surface area contributed by atoms with E-state index in [-0.39, 0.29) is 15.2 Å². The van der Waals surface area contributed by atoms with Gasteiger partial charge in [-0.3, -0.25) is 0 Å². The Balaban J connectivity index is 2.72. The van der Waals surface area contributed by atoms with E-state index in [1.807, 2.05) is 0 Å². The van der Waals surface area contributed by atoms with Crippen molar-refractivity contribution in [2.75, 3.05) is 0 Å². The highest BCUT2D eigenvalue weighted by molar-refractivity contribution is 9.10. The van der Waals surface area contributed by atoms with Gasteiger partial charge in [-0.2, -0.15) is 0 Å². The molecule has 0 aromatic carbocycles. The molecule has 0 radical (unpaired) electrons. The van der Waals surface area contributed by atoms with Crippen molar-refractivity contribution < 1.29 is 4.79 Å². The van der Waals surface area contributed by atoms with E-state index in [0.717, 1.165) is 12.7 Å². The van der Waals surface area contributed by atoms with Crippen LogP contribution >= 0.6 is 15.9 Å². The molecule has 1 nitrogen and oxygen atoms in total. The SMILES string of the molecule is CC(C)(Br)CC1C(C)(C)C1(C)C=O. The predicted octanol–water partition coefficient (Wildman–Crippen LogP) is 3.41. The topological polar surface area (TPSA) is 17.1 Å². The van der Waals surface area contributed by atoms with E-state index in [0.29, 0.717) is 5.92 Å². The molecule has 1 rings (SSSR count). The van der Waals surface area contributed by atoms with Crippen LogP contribution in [-0.2, 0) is 4.79 Å². The number of carbonyl (C=O) groups is 1. The van der Waals surface area contributed by atoms with Gasteiger partial charge in [0.25, 0.3) is 0 Å². The Kier molecular flexibility index (Phi) is 2.43. The summed E-state index contributed by atoms with van der Waals surface area (Å²) in [7, 11) is 0. The van der Waals surface area contributed by atoms with Gasteiger partial charge in [-0.05, 0) is 17.8 Å². The van der Waals surface area contributed by atoms with Gasteiger partial charge in [-0.25, -0.2) is 0 Å². The minimum atomic E-state index is -0.0992. The standard InChI is InChI=1S/C11H19BrO/c1-9(2,12)6-8-10(3,4)11(8,5)7-13/h7-8H,6H2,1-5H3. The van der Waals surface area contributed by atoms with Crippen molar-refractivity contribution in [3.63, 3.8) is 0 Å². The molecule has 0 heterocycles. The van der Waals surface area contributed by atoms with Crippen LogP contribution in [0.25, 0.3) is 0 Å². The quantitative estimate of drug-likeness (QED) is 0.551. The fourth-order valence-corrected chi connectivity index (χ4v) is 2.65. The van der Waals surface area contributed by atoms with Gasteiger partial charge < -0.3 is 4.79 Å². The molecule has 1 aliphatic rings. The fraction of sp³-hybridized carbons (Fsp3) is 0.909. The van der Waals surface area contributed by atoms with E-state index in [1.54, 1.807) is 0 Å². The molecule has 2 heteroatoms. The summed E-state index contributed by atoms with van der Waals surface area (Å²) in [5.41, 5.74) is 0.0812. The van der Waals surface area contributed by atoms with Crippen LogP contribution in [0.5, 0.6) is 0 Å². The lowest BCUT2D eigenvalue weighted by Gasteiger charge is -2.16. The van der Waals surface area contributed by atoms with Crippen molar-refractivity contribution in [2.24, 2.45) is 16.7 Å². The third-order valence-corrected chi connectivity index (χ3v) is 4.16. The number of alkyl halides is 1. The third-order valence-electron chi connectivity index (χ3n) is 3.83. The van der Waals surface area contributed by atoms with Gasteiger partial charge in [0.2, 0.25) is 0 Å². The van der Waals surface area contributed by atoms with E-state index in [1.165, 1.54) is 0 Å². The first-order valence-corrected chi connectivity index (χ1v) is 5.60. The van der Waals surface area contributed by atoms with Crippen molar-refractivity contribution in [3.05, 3.63) is 0 Å². The first kappa shape index (κ1) is 11.2. The van der Waals surface area contributed by atoms with Gasteiger partial charge in [-0.15, -0.1) is 0 Å². The number of carbonyl (C=O) groups excluding carboxylic acids is 1. The maximum absolute atomic E-state index is 11.0. The molecule has 1 aliphatic carbocycles. The average Bonchev–Trinajstić information content (AvgIpc) is 2.33. The van der Waals surface area contributed by atoms with Gasteiger partial charge in [0.05, 0.1) is 0 Å². The Morgan fingerprint density at radius 2 is 1.85 bits per heavy atom. The minimum Gasteiger partial charge on any atom is -0.303 e. The van der Waals surface area contributed by atoms with E-state index >= 15 is 0 Å². The van der Waals surface area contributed by atoms with Gasteiger partial charge >= 0.3 is 0 Å². The van der Waals surface area contributed by atoms with Crippen LogP contribution < -0.4 is 0 Å². The maximum atomic E-state index is 11.0. The molecule has 13 heavy (non-hydrogen) atoms. The lowest BCUT2D eigenvalue weighted by molar-refractivity contribution is -0.112. The van der Waals surface area contributed by atoms with Crippen molar-refractivity contribution in [3.8, 4) is 0 Å². The fourth-order valence-electron chi connectivity index (χ4n) is 2.32. The van der Waals surface area contributed by atoms with E-state index in [9.17, 15) is 4.79 Å². The highest BCUT2D eigenvalue weighted by Crippen LogP contribution is 2.70. The van der Waals surface area contributed by atoms with Gasteiger partial charge in [0, 0.05) is 9.74 Å². The summed E-state index contributed by atoms with van der Waals surface area (Å²) >= 11 is 3.64. The number of aldehydes is 1. The second kappa shape index (κ2) is 2.82. The number of halogens is 1. The lowest BCUT2D eigenvalue weighted by atomic mass is 10.0. The number of hydrogen-bond donors (Lipinski definition) is 0. The van der Waals surface area contributed by atoms with Crippen LogP contribution in [0.2, 0.25) is 0 Å². The lowest BCUT2D eigenvalue weighted by Crippen LogP contribution is -2.13. The van der Waals surface area contributed by atoms with Crippen molar-refractivity contribution in [1.82, 2.24) is 0 Å². The molecule has 1 fully saturated rings. The molecule has 0 spiro atoms. The maximum Gasteiger partial charge on any atom is 0.126 e. The first-order chi connectivity index (χ1) is 5.65. The van der Waals surface area contributed by atoms with E-state index in [2.05, 4.69) is 50.5 Å². The van der Waals surface area contributed by atoms with Crippen molar-refractivity contribution in [1.29, 1.82) is 0 Å². The molecule has 0 N–H and O–H groups in total. The molecule has 76 valence electrons. The third kappa shape index (κ3) is 1.70. The van der Waals surface area contributed by atoms with E-state index in [4.69, 9.17) is 0 Å². The number of rotatable bonds is 3. The molecule has 0 bridgehead atoms. The summed E-state index contributed by atoms with van der Waals surface area (Å²) in [6.07, 6.45) is 2.20. The van der Waals surface area contributed by atoms with Crippen LogP contribution in [0.4, 0.5) is 0 Å². The van der Waals surface area contributed by atoms with Crippen LogP contribution in [0.1, 0.15) is 41.0 Å². The largest absolute Gasteiger partial charge is 0.303 e. The molecular formula is C11H19BrO. The Morgan fingerprint density at radius 1 is 1.38 bits per heavy atom. The molecule has 1 saturated carbocycles. The Labute approximate surface area is 89.4 Å². The van der Waals surface area contributed by atoms with Crippen LogP contribution in [-0.4, -0.2) is 10.6 Å². The van der Waals surface area contributed by atoms with Crippen LogP contribution in [0, 0.1) is 16.7 Å². The van der Waals surface area contributed by atoms with Crippen molar-refractivity contribution >= 4 is 22.2 Å². The van der Waals surface area contributed by atoms with Gasteiger partial charge in [0.15, 0.2) is 0 Å². The summed E-state index contributed by atoms with van der Waals surface area (Å²) < 4.78 is 0.149. The van der Waals surface area contributed by atoms with Gasteiger partial charge in [0.1, 0.15) is 6.29 Å². The van der Waals surface area contributed by atoms with E-state index < -0.39 is 0 Å². The van der Waals surface area contributed by atoms with Crippen LogP contribution in [0.3, 0.4) is 0 Å². The second-order valence-corrected chi connectivity index (χ2v) is 7.74. The molecule has 0 saturated heterocycles. The number of hydrogen-bond acceptors (Lipinski definition) is 1. The highest BCUT2D eigenvalue weighted by Gasteiger charge is 2.68. The highest BCUT2D eigenvalue weighted by atomic mass is 79.9. The first-order valence-electron chi connectivity index (χ1n) is 4.80. The summed E-state index contributed by atoms with van der Waals surface area (Å²) in [6, 6.07) is 0. The molecule has 2 unspecified atom stereocenters. The minimum absolute atomic E-state index is 0.0992. The van der Waals surface area contributed by atoms with Gasteiger partial charge in [-0.1, -0.05) is 50.5 Å². The molecule has 0 aromatic heterocycles. The van der Waals surface area contributed by atoms with Crippen molar-refractivity contribution in [2.45, 2.75) is 45.4 Å². The average molecular weight is 247 g/mol.